The van der Waals surface area contributed by atoms with E-state index in [-0.39, 0.29) is 48.8 Å². The van der Waals surface area contributed by atoms with E-state index in [4.69, 9.17) is 9.47 Å². The molecular formula is C31H40N2O8. The summed E-state index contributed by atoms with van der Waals surface area (Å²) in [5, 5.41) is 23.8. The molecule has 1 aliphatic heterocycles. The summed E-state index contributed by atoms with van der Waals surface area (Å²) in [5.41, 5.74) is 1.21. The summed E-state index contributed by atoms with van der Waals surface area (Å²) in [6, 6.07) is 2.13. The second kappa shape index (κ2) is 11.2. The van der Waals surface area contributed by atoms with Gasteiger partial charge in [-0.15, -0.1) is 0 Å². The van der Waals surface area contributed by atoms with Crippen LogP contribution in [-0.4, -0.2) is 84.1 Å². The highest BCUT2D eigenvalue weighted by Gasteiger charge is 2.56. The highest BCUT2D eigenvalue weighted by Crippen LogP contribution is 2.61. The van der Waals surface area contributed by atoms with Gasteiger partial charge in [0.25, 0.3) is 5.91 Å². The number of aldehydes is 1. The monoisotopic (exact) mass is 568 g/mol. The summed E-state index contributed by atoms with van der Waals surface area (Å²) in [6.07, 6.45) is 3.07. The molecule has 10 heteroatoms. The van der Waals surface area contributed by atoms with Crippen molar-refractivity contribution in [2.45, 2.75) is 70.6 Å². The Balaban J connectivity index is 1.57. The number of amides is 2. The number of rotatable bonds is 10. The van der Waals surface area contributed by atoms with Gasteiger partial charge >= 0.3 is 0 Å². The number of fused-ring (bicyclic) bond motifs is 5. The van der Waals surface area contributed by atoms with Crippen LogP contribution < -0.4 is 14.8 Å². The summed E-state index contributed by atoms with van der Waals surface area (Å²) >= 11 is 0. The summed E-state index contributed by atoms with van der Waals surface area (Å²) in [7, 11) is 1.44. The number of aliphatic hydroxyl groups is 2. The molecule has 0 unspecified atom stereocenters. The molecule has 5 aliphatic rings. The van der Waals surface area contributed by atoms with Gasteiger partial charge in [0.1, 0.15) is 18.5 Å². The van der Waals surface area contributed by atoms with Gasteiger partial charge in [0, 0.05) is 36.2 Å². The van der Waals surface area contributed by atoms with Crippen molar-refractivity contribution in [2.24, 2.45) is 23.2 Å². The molecule has 2 bridgehead atoms. The van der Waals surface area contributed by atoms with Gasteiger partial charge in [0.15, 0.2) is 11.5 Å². The Kier molecular flexibility index (Phi) is 8.00. The van der Waals surface area contributed by atoms with Crippen LogP contribution >= 0.6 is 0 Å². The van der Waals surface area contributed by atoms with E-state index in [0.717, 1.165) is 19.3 Å². The number of benzene rings is 1. The molecule has 1 aromatic carbocycles. The van der Waals surface area contributed by atoms with Crippen molar-refractivity contribution < 1.29 is 38.9 Å². The second-order valence-electron chi connectivity index (χ2n) is 12.3. The lowest BCUT2D eigenvalue weighted by molar-refractivity contribution is -0.153. The summed E-state index contributed by atoms with van der Waals surface area (Å²) in [6.45, 7) is 6.17. The molecule has 0 radical (unpaired) electrons. The van der Waals surface area contributed by atoms with E-state index >= 15 is 0 Å². The number of hydrogen-bond donors (Lipinski definition) is 3. The molecule has 1 aromatic rings. The zero-order chi connectivity index (χ0) is 29.6. The minimum absolute atomic E-state index is 0.00314. The van der Waals surface area contributed by atoms with E-state index in [1.807, 2.05) is 0 Å². The van der Waals surface area contributed by atoms with Crippen molar-refractivity contribution in [3.63, 3.8) is 0 Å². The number of carbonyl (C=O) groups excluding carboxylic acids is 4. The Morgan fingerprint density at radius 1 is 1.24 bits per heavy atom. The van der Waals surface area contributed by atoms with E-state index < -0.39 is 41.8 Å². The van der Waals surface area contributed by atoms with Gasteiger partial charge in [0.05, 0.1) is 25.7 Å². The number of nitrogens with one attached hydrogen (secondary N) is 1. The van der Waals surface area contributed by atoms with Crippen LogP contribution in [0.15, 0.2) is 23.8 Å². The first kappa shape index (κ1) is 29.3. The summed E-state index contributed by atoms with van der Waals surface area (Å²) in [5.74, 6) is -0.686. The average Bonchev–Trinajstić information content (AvgIpc) is 3.37. The minimum atomic E-state index is -1.27. The fraction of sp³-hybridized carbons (Fsp3) is 0.613. The number of aliphatic hydroxyl groups excluding tert-OH is 2. The normalized spacial score (nSPS) is 30.5. The maximum Gasteiger partial charge on any atom is 0.290 e. The summed E-state index contributed by atoms with van der Waals surface area (Å²) in [4.78, 5) is 53.0. The van der Waals surface area contributed by atoms with E-state index in [2.05, 4.69) is 19.2 Å². The molecule has 0 spiro atoms. The van der Waals surface area contributed by atoms with Gasteiger partial charge in [-0.2, -0.15) is 0 Å². The van der Waals surface area contributed by atoms with E-state index in [0.29, 0.717) is 35.0 Å². The molecule has 6 rings (SSSR count). The number of nitrogens with zero attached hydrogens (tertiary/aromatic N) is 1. The van der Waals surface area contributed by atoms with Gasteiger partial charge in [-0.05, 0) is 60.6 Å². The van der Waals surface area contributed by atoms with Gasteiger partial charge < -0.3 is 29.9 Å². The lowest BCUT2D eigenvalue weighted by atomic mass is 9.45. The fourth-order valence-corrected chi connectivity index (χ4v) is 7.64. The Bertz CT molecular complexity index is 1270. The van der Waals surface area contributed by atoms with Crippen LogP contribution in [0.4, 0.5) is 0 Å². The average molecular weight is 569 g/mol. The molecule has 0 saturated heterocycles. The first-order valence-electron chi connectivity index (χ1n) is 14.5. The van der Waals surface area contributed by atoms with Crippen LogP contribution in [0.3, 0.4) is 0 Å². The molecule has 2 amide bonds. The number of ether oxygens (including phenoxy) is 2. The first-order chi connectivity index (χ1) is 19.6. The largest absolute Gasteiger partial charge is 0.493 e. The molecule has 3 fully saturated rings. The quantitative estimate of drug-likeness (QED) is 0.287. The fourth-order valence-electron chi connectivity index (χ4n) is 7.64. The Morgan fingerprint density at radius 2 is 2.00 bits per heavy atom. The van der Waals surface area contributed by atoms with Crippen LogP contribution in [0, 0.1) is 23.2 Å². The number of hydrogen-bond acceptors (Lipinski definition) is 8. The molecule has 3 N–H and O–H groups in total. The van der Waals surface area contributed by atoms with Crippen molar-refractivity contribution in [1.29, 1.82) is 0 Å². The molecule has 3 saturated carbocycles. The van der Waals surface area contributed by atoms with Crippen LogP contribution in [-0.2, 0) is 14.4 Å². The number of carbonyl (C=O) groups is 4. The van der Waals surface area contributed by atoms with Crippen molar-refractivity contribution in [3.8, 4) is 11.5 Å². The van der Waals surface area contributed by atoms with Crippen molar-refractivity contribution >= 4 is 23.9 Å². The molecule has 4 aliphatic carbocycles. The molecule has 41 heavy (non-hydrogen) atoms. The van der Waals surface area contributed by atoms with Crippen molar-refractivity contribution in [3.05, 3.63) is 34.9 Å². The molecule has 1 heterocycles. The maximum atomic E-state index is 13.6. The Labute approximate surface area is 240 Å². The number of Topliss-reactive ketones (excluding diaryl/α,β-unsaturated/α-hetero) is 1. The molecular weight excluding hydrogens is 528 g/mol. The lowest BCUT2D eigenvalue weighted by Crippen LogP contribution is -2.60. The van der Waals surface area contributed by atoms with Gasteiger partial charge in [0.2, 0.25) is 11.7 Å². The van der Waals surface area contributed by atoms with E-state index in [9.17, 15) is 29.4 Å². The smallest absolute Gasteiger partial charge is 0.290 e. The molecule has 7 atom stereocenters. The third-order valence-electron chi connectivity index (χ3n) is 10.0. The lowest BCUT2D eigenvalue weighted by Gasteiger charge is -2.61. The van der Waals surface area contributed by atoms with Crippen LogP contribution in [0.25, 0.3) is 0 Å². The van der Waals surface area contributed by atoms with Crippen molar-refractivity contribution in [1.82, 2.24) is 10.2 Å². The van der Waals surface area contributed by atoms with E-state index in [1.54, 1.807) is 19.1 Å². The zero-order valence-electron chi connectivity index (χ0n) is 24.1. The predicted molar refractivity (Wildman–Crippen MR) is 149 cm³/mol. The van der Waals surface area contributed by atoms with Crippen LogP contribution in [0.2, 0.25) is 0 Å². The van der Waals surface area contributed by atoms with Gasteiger partial charge in [-0.3, -0.25) is 19.2 Å². The highest BCUT2D eigenvalue weighted by atomic mass is 16.5. The molecule has 0 aromatic heterocycles. The summed E-state index contributed by atoms with van der Waals surface area (Å²) < 4.78 is 11.7. The number of ketones is 1. The predicted octanol–water partition coefficient (Wildman–Crippen LogP) is 2.01. The zero-order valence-corrected chi connectivity index (χ0v) is 24.1. The molecule has 10 nitrogen and oxygen atoms in total. The topological polar surface area (TPSA) is 142 Å². The van der Waals surface area contributed by atoms with E-state index in [1.165, 1.54) is 18.1 Å². The van der Waals surface area contributed by atoms with Crippen LogP contribution in [0.5, 0.6) is 11.5 Å². The van der Waals surface area contributed by atoms with Crippen LogP contribution in [0.1, 0.15) is 68.3 Å². The van der Waals surface area contributed by atoms with Gasteiger partial charge in [-0.1, -0.05) is 20.8 Å². The standard InChI is InChI=1S/C31H40N2O8/c1-5-23(36)30(39)33(14-17-6-7-18-12-21(17)31(18,2)3)22-13-20(29(38)32-8-9-34)25-19-10-16(15-35)11-24(40-4)27(19)41-28(25)26(22)37/h10-11,13,15,17-18,21-22,25-26,28,34,37H,5-9,12,14H2,1-4H3,(H,32,38)/t17-,18-,21-,22+,25-,26-,28-/m0/s1. The van der Waals surface area contributed by atoms with Gasteiger partial charge in [-0.25, -0.2) is 0 Å². The first-order valence-corrected chi connectivity index (χ1v) is 14.5. The maximum absolute atomic E-state index is 13.6. The Hall–Kier alpha value is -3.24. The molecule has 222 valence electrons. The second-order valence-corrected chi connectivity index (χ2v) is 12.3. The highest BCUT2D eigenvalue weighted by molar-refractivity contribution is 6.36. The van der Waals surface area contributed by atoms with Crippen molar-refractivity contribution in [2.75, 3.05) is 26.8 Å². The minimum Gasteiger partial charge on any atom is -0.493 e. The SMILES string of the molecule is CCC(=O)C(=O)N(C[C@@H]1CC[C@H]2C[C@@H]1C2(C)C)[C@@H]1C=C(C(=O)NCCO)[C@@H]2c3cc(C=O)cc(OC)c3O[C@@H]2[C@H]1O. The third kappa shape index (κ3) is 4.84. The Morgan fingerprint density at radius 3 is 2.61 bits per heavy atom. The number of methoxy groups -OCH3 is 1. The third-order valence-corrected chi connectivity index (χ3v) is 10.0.